The highest BCUT2D eigenvalue weighted by Crippen LogP contribution is 2.24. The van der Waals surface area contributed by atoms with Gasteiger partial charge in [0.1, 0.15) is 6.29 Å². The van der Waals surface area contributed by atoms with Crippen LogP contribution >= 0.6 is 15.9 Å². The lowest BCUT2D eigenvalue weighted by Gasteiger charge is -2.23. The van der Waals surface area contributed by atoms with Crippen LogP contribution in [-0.2, 0) is 10.3 Å². The van der Waals surface area contributed by atoms with E-state index in [4.69, 9.17) is 5.73 Å². The van der Waals surface area contributed by atoms with Gasteiger partial charge in [-0.1, -0.05) is 19.8 Å². The van der Waals surface area contributed by atoms with Crippen LogP contribution in [0.2, 0.25) is 0 Å². The van der Waals surface area contributed by atoms with Crippen molar-refractivity contribution in [2.75, 3.05) is 0 Å². The standard InChI is InChI=1S/C11H15BrN2O/c1-2-3-4-11(13,8-15)9-5-10(12)7-14-6-9/h5-8H,2-4,13H2,1H3. The molecule has 0 spiro atoms. The van der Waals surface area contributed by atoms with E-state index < -0.39 is 5.54 Å². The molecule has 0 fully saturated rings. The molecule has 0 saturated carbocycles. The van der Waals surface area contributed by atoms with Crippen LogP contribution in [0.3, 0.4) is 0 Å². The average Bonchev–Trinajstić information content (AvgIpc) is 2.26. The van der Waals surface area contributed by atoms with Crippen molar-refractivity contribution in [3.63, 3.8) is 0 Å². The van der Waals surface area contributed by atoms with Gasteiger partial charge in [0, 0.05) is 16.9 Å². The van der Waals surface area contributed by atoms with Crippen LogP contribution in [0.1, 0.15) is 31.7 Å². The van der Waals surface area contributed by atoms with Gasteiger partial charge in [0.15, 0.2) is 0 Å². The van der Waals surface area contributed by atoms with Gasteiger partial charge in [0.05, 0.1) is 5.54 Å². The monoisotopic (exact) mass is 270 g/mol. The second-order valence-corrected chi connectivity index (χ2v) is 4.57. The van der Waals surface area contributed by atoms with Gasteiger partial charge in [0.25, 0.3) is 0 Å². The highest BCUT2D eigenvalue weighted by atomic mass is 79.9. The Morgan fingerprint density at radius 3 is 2.87 bits per heavy atom. The molecule has 15 heavy (non-hydrogen) atoms. The van der Waals surface area contributed by atoms with E-state index in [1.54, 1.807) is 12.4 Å². The largest absolute Gasteiger partial charge is 0.315 e. The van der Waals surface area contributed by atoms with E-state index in [2.05, 4.69) is 27.8 Å². The predicted octanol–water partition coefficient (Wildman–Crippen LogP) is 2.39. The van der Waals surface area contributed by atoms with Gasteiger partial charge in [-0.15, -0.1) is 0 Å². The molecule has 2 N–H and O–H groups in total. The minimum absolute atomic E-state index is 0.658. The number of halogens is 1. The van der Waals surface area contributed by atoms with Gasteiger partial charge in [-0.25, -0.2) is 0 Å². The van der Waals surface area contributed by atoms with E-state index in [-0.39, 0.29) is 0 Å². The fourth-order valence-electron chi connectivity index (χ4n) is 1.41. The number of carbonyl (C=O) groups is 1. The second kappa shape index (κ2) is 5.37. The SMILES string of the molecule is CCCCC(N)(C=O)c1cncc(Br)c1. The molecule has 0 aliphatic rings. The minimum atomic E-state index is -0.896. The molecule has 82 valence electrons. The Kier molecular flexibility index (Phi) is 4.42. The fraction of sp³-hybridized carbons (Fsp3) is 0.455. The summed E-state index contributed by atoms with van der Waals surface area (Å²) >= 11 is 3.32. The number of aromatic nitrogens is 1. The number of unbranched alkanes of at least 4 members (excludes halogenated alkanes) is 1. The normalized spacial score (nSPS) is 14.6. The number of nitrogens with two attached hydrogens (primary N) is 1. The molecular weight excluding hydrogens is 256 g/mol. The maximum absolute atomic E-state index is 11.1. The predicted molar refractivity (Wildman–Crippen MR) is 63.4 cm³/mol. The Labute approximate surface area is 98.2 Å². The molecule has 1 rings (SSSR count). The molecule has 0 saturated heterocycles. The second-order valence-electron chi connectivity index (χ2n) is 3.65. The first kappa shape index (κ1) is 12.3. The Hall–Kier alpha value is -0.740. The van der Waals surface area contributed by atoms with E-state index in [1.807, 2.05) is 6.07 Å². The smallest absolute Gasteiger partial charge is 0.144 e. The molecule has 0 aliphatic heterocycles. The summed E-state index contributed by atoms with van der Waals surface area (Å²) in [5.41, 5.74) is 5.91. The van der Waals surface area contributed by atoms with E-state index in [0.717, 1.165) is 29.2 Å². The van der Waals surface area contributed by atoms with Crippen molar-refractivity contribution in [3.8, 4) is 0 Å². The lowest BCUT2D eigenvalue weighted by atomic mass is 9.88. The maximum atomic E-state index is 11.1. The first-order valence-corrected chi connectivity index (χ1v) is 5.78. The molecule has 0 bridgehead atoms. The molecular formula is C11H15BrN2O. The minimum Gasteiger partial charge on any atom is -0.315 e. The van der Waals surface area contributed by atoms with Crippen molar-refractivity contribution in [2.45, 2.75) is 31.7 Å². The van der Waals surface area contributed by atoms with E-state index in [1.165, 1.54) is 0 Å². The summed E-state index contributed by atoms with van der Waals surface area (Å²) in [5, 5.41) is 0. The van der Waals surface area contributed by atoms with Gasteiger partial charge in [-0.2, -0.15) is 0 Å². The quantitative estimate of drug-likeness (QED) is 0.836. The molecule has 0 radical (unpaired) electrons. The number of hydrogen-bond acceptors (Lipinski definition) is 3. The summed E-state index contributed by atoms with van der Waals surface area (Å²) < 4.78 is 0.841. The van der Waals surface area contributed by atoms with Crippen LogP contribution in [-0.4, -0.2) is 11.3 Å². The highest BCUT2D eigenvalue weighted by molar-refractivity contribution is 9.10. The number of hydrogen-bond donors (Lipinski definition) is 1. The van der Waals surface area contributed by atoms with Gasteiger partial charge in [0.2, 0.25) is 0 Å². The zero-order valence-corrected chi connectivity index (χ0v) is 10.3. The van der Waals surface area contributed by atoms with E-state index >= 15 is 0 Å². The average molecular weight is 271 g/mol. The lowest BCUT2D eigenvalue weighted by Crippen LogP contribution is -2.38. The summed E-state index contributed by atoms with van der Waals surface area (Å²) in [6.45, 7) is 2.07. The lowest BCUT2D eigenvalue weighted by molar-refractivity contribution is -0.112. The van der Waals surface area contributed by atoms with Crippen molar-refractivity contribution >= 4 is 22.2 Å². The number of nitrogens with zero attached hydrogens (tertiary/aromatic N) is 1. The number of carbonyl (C=O) groups excluding carboxylic acids is 1. The molecule has 1 aromatic rings. The van der Waals surface area contributed by atoms with Crippen molar-refractivity contribution in [3.05, 3.63) is 28.5 Å². The van der Waals surface area contributed by atoms with Crippen LogP contribution in [0, 0.1) is 0 Å². The highest BCUT2D eigenvalue weighted by Gasteiger charge is 2.26. The zero-order chi connectivity index (χ0) is 11.3. The van der Waals surface area contributed by atoms with Crippen LogP contribution in [0.4, 0.5) is 0 Å². The molecule has 1 unspecified atom stereocenters. The van der Waals surface area contributed by atoms with Crippen LogP contribution in [0.15, 0.2) is 22.9 Å². The van der Waals surface area contributed by atoms with Gasteiger partial charge in [-0.05, 0) is 34.0 Å². The summed E-state index contributed by atoms with van der Waals surface area (Å²) in [5.74, 6) is 0. The Morgan fingerprint density at radius 1 is 1.60 bits per heavy atom. The molecule has 3 nitrogen and oxygen atoms in total. The van der Waals surface area contributed by atoms with E-state index in [9.17, 15) is 4.79 Å². The molecule has 0 aromatic carbocycles. The van der Waals surface area contributed by atoms with Crippen LogP contribution in [0.25, 0.3) is 0 Å². The third-order valence-corrected chi connectivity index (χ3v) is 2.83. The van der Waals surface area contributed by atoms with Crippen LogP contribution in [0.5, 0.6) is 0 Å². The Balaban J connectivity index is 2.94. The Morgan fingerprint density at radius 2 is 2.33 bits per heavy atom. The summed E-state index contributed by atoms with van der Waals surface area (Å²) in [6, 6.07) is 1.84. The summed E-state index contributed by atoms with van der Waals surface area (Å²) in [4.78, 5) is 15.1. The molecule has 0 aliphatic carbocycles. The fourth-order valence-corrected chi connectivity index (χ4v) is 1.77. The molecule has 1 atom stereocenters. The first-order valence-electron chi connectivity index (χ1n) is 4.98. The van der Waals surface area contributed by atoms with E-state index in [0.29, 0.717) is 6.42 Å². The summed E-state index contributed by atoms with van der Waals surface area (Å²) in [7, 11) is 0. The van der Waals surface area contributed by atoms with Gasteiger partial charge >= 0.3 is 0 Å². The van der Waals surface area contributed by atoms with Crippen molar-refractivity contribution in [1.29, 1.82) is 0 Å². The number of rotatable bonds is 5. The molecule has 1 heterocycles. The summed E-state index contributed by atoms with van der Waals surface area (Å²) in [6.07, 6.45) is 6.75. The number of pyridine rings is 1. The molecule has 1 aromatic heterocycles. The third kappa shape index (κ3) is 3.11. The van der Waals surface area contributed by atoms with Crippen molar-refractivity contribution in [1.82, 2.24) is 4.98 Å². The van der Waals surface area contributed by atoms with Gasteiger partial charge in [-0.3, -0.25) is 4.98 Å². The van der Waals surface area contributed by atoms with Crippen molar-refractivity contribution < 1.29 is 4.79 Å². The third-order valence-electron chi connectivity index (χ3n) is 2.40. The maximum Gasteiger partial charge on any atom is 0.144 e. The Bertz CT molecular complexity index is 343. The topological polar surface area (TPSA) is 56.0 Å². The van der Waals surface area contributed by atoms with Crippen LogP contribution < -0.4 is 5.73 Å². The number of aldehydes is 1. The van der Waals surface area contributed by atoms with Crippen molar-refractivity contribution in [2.24, 2.45) is 5.73 Å². The zero-order valence-electron chi connectivity index (χ0n) is 8.74. The first-order chi connectivity index (χ1) is 7.12. The molecule has 4 heteroatoms. The van der Waals surface area contributed by atoms with Gasteiger partial charge < -0.3 is 10.5 Å². The molecule has 0 amide bonds.